The smallest absolute Gasteiger partial charge is 0.407 e. The average Bonchev–Trinajstić information content (AvgIpc) is 4.19. The molecule has 7 amide bonds. The number of hydrogen-bond donors (Lipinski definition) is 9. The third-order valence-corrected chi connectivity index (χ3v) is 14.4. The van der Waals surface area contributed by atoms with Gasteiger partial charge in [0, 0.05) is 88.6 Å². The third-order valence-electron chi connectivity index (χ3n) is 14.4. The molecule has 10 N–H and O–H groups in total. The summed E-state index contributed by atoms with van der Waals surface area (Å²) in [6.07, 6.45) is -0.364. The van der Waals surface area contributed by atoms with Gasteiger partial charge in [0.2, 0.25) is 35.4 Å². The number of fused-ring (bicyclic) bond motifs is 2. The van der Waals surface area contributed by atoms with Crippen LogP contribution in [0.5, 0.6) is 5.75 Å². The van der Waals surface area contributed by atoms with Gasteiger partial charge in [0.05, 0.1) is 6.54 Å². The Hall–Kier alpha value is -8.59. The highest BCUT2D eigenvalue weighted by Gasteiger charge is 2.45. The maximum absolute atomic E-state index is 15.4. The molecular formula is C59H67N11O9. The molecule has 3 fully saturated rings. The summed E-state index contributed by atoms with van der Waals surface area (Å²) < 4.78 is 11.8. The molecule has 20 heteroatoms. The Morgan fingerprint density at radius 2 is 1.19 bits per heavy atom. The first-order chi connectivity index (χ1) is 38.5. The zero-order valence-electron chi connectivity index (χ0n) is 43.7. The van der Waals surface area contributed by atoms with Crippen molar-refractivity contribution in [3.05, 3.63) is 174 Å². The Kier molecular flexibility index (Phi) is 18.6. The summed E-state index contributed by atoms with van der Waals surface area (Å²) in [5.41, 5.74) is 9.79. The largest absolute Gasteiger partial charge is 0.489 e. The number of nitrogens with one attached hydrogen (secondary N) is 8. The molecule has 0 saturated carbocycles. The molecule has 412 valence electrons. The molecule has 0 radical (unpaired) electrons. The van der Waals surface area contributed by atoms with Gasteiger partial charge in [-0.2, -0.15) is 0 Å². The topological polar surface area (TPSA) is 270 Å². The minimum absolute atomic E-state index is 0.0337. The van der Waals surface area contributed by atoms with Crippen molar-refractivity contribution >= 4 is 52.4 Å². The number of rotatable bonds is 15. The Balaban J connectivity index is 1.11. The van der Waals surface area contributed by atoms with Gasteiger partial charge in [-0.1, -0.05) is 121 Å². The molecule has 20 nitrogen and oxygen atoms in total. The lowest BCUT2D eigenvalue weighted by Gasteiger charge is -2.33. The molecule has 5 aromatic carbocycles. The van der Waals surface area contributed by atoms with E-state index in [1.165, 1.54) is 4.90 Å². The fraction of sp³-hybridized carbons (Fsp3) is 0.339. The summed E-state index contributed by atoms with van der Waals surface area (Å²) >= 11 is 0. The normalized spacial score (nSPS) is 22.7. The van der Waals surface area contributed by atoms with Crippen LogP contribution in [0.4, 0.5) is 4.79 Å². The Labute approximate surface area is 457 Å². The van der Waals surface area contributed by atoms with E-state index >= 15 is 28.8 Å². The van der Waals surface area contributed by atoms with Crippen molar-refractivity contribution in [2.45, 2.75) is 74.6 Å². The van der Waals surface area contributed by atoms with Gasteiger partial charge in [-0.3, -0.25) is 33.7 Å². The first-order valence-electron chi connectivity index (χ1n) is 26.8. The number of benzene rings is 5. The van der Waals surface area contributed by atoms with Crippen molar-refractivity contribution in [2.75, 3.05) is 52.4 Å². The number of H-pyrrole nitrogens is 1. The summed E-state index contributed by atoms with van der Waals surface area (Å²) in [7, 11) is 0. The zero-order valence-corrected chi connectivity index (χ0v) is 43.7. The third kappa shape index (κ3) is 14.7. The number of amides is 7. The quantitative estimate of drug-likeness (QED) is 0.0717. The lowest BCUT2D eigenvalue weighted by atomic mass is 10.00. The number of para-hydroxylation sites is 1. The standard InChI is InChI=1S/C59H67N11O9/c60-24-25-62-59(77)79-44-33-51-56(74)68-52(41-16-8-3-9-17-41)57(75)65-48(32-42-34-63-46-19-11-10-18-45(42)46)54(72)67-50(36-69-28-26-61-27-29-69)55(73)64-47(30-39-20-22-43(23-21-39)78-37-40-14-6-2-7-15-40)53(71)66-49(58(76)70(51)35-44)31-38-12-4-1-5-13-38/h1-23,34,44,47-52,61,63H,24-33,35-37,60H2,(H,62,77)(H,64,73)(H,65,75)(H,66,71)(H,67,72)(H,68,74)/t44-,47+,48-,49+,50+,51+,52+/m1/s1. The van der Waals surface area contributed by atoms with Crippen LogP contribution in [0.3, 0.4) is 0 Å². The number of alkyl carbamates (subject to hydrolysis) is 1. The molecule has 0 unspecified atom stereocenters. The molecule has 7 atom stereocenters. The molecule has 3 aliphatic heterocycles. The molecule has 1 aromatic heterocycles. The van der Waals surface area contributed by atoms with Crippen LogP contribution in [-0.2, 0) is 59.4 Å². The molecule has 3 aliphatic rings. The zero-order chi connectivity index (χ0) is 55.1. The minimum Gasteiger partial charge on any atom is -0.489 e. The fourth-order valence-corrected chi connectivity index (χ4v) is 10.2. The van der Waals surface area contributed by atoms with E-state index in [-0.39, 0.29) is 51.9 Å². The highest BCUT2D eigenvalue weighted by Crippen LogP contribution is 2.26. The second-order valence-corrected chi connectivity index (χ2v) is 20.0. The number of aromatic amines is 1. The Morgan fingerprint density at radius 3 is 1.90 bits per heavy atom. The van der Waals surface area contributed by atoms with Crippen molar-refractivity contribution in [3.8, 4) is 5.75 Å². The van der Waals surface area contributed by atoms with Crippen molar-refractivity contribution < 1.29 is 43.0 Å². The monoisotopic (exact) mass is 1070 g/mol. The predicted molar refractivity (Wildman–Crippen MR) is 295 cm³/mol. The number of nitrogens with two attached hydrogens (primary N) is 1. The highest BCUT2D eigenvalue weighted by atomic mass is 16.6. The van der Waals surface area contributed by atoms with Gasteiger partial charge in [0.25, 0.3) is 0 Å². The van der Waals surface area contributed by atoms with Gasteiger partial charge in [0.1, 0.15) is 54.7 Å². The number of aromatic nitrogens is 1. The second-order valence-electron chi connectivity index (χ2n) is 20.0. The average molecular weight is 1070 g/mol. The van der Waals surface area contributed by atoms with Gasteiger partial charge in [-0.15, -0.1) is 0 Å². The SMILES string of the molecule is NCCNC(=O)O[C@@H]1C[C@H]2C(=O)N[C@@H](c3ccccc3)C(=O)N[C@H](Cc3c[nH]c4ccccc34)C(=O)N[C@@H](CN3CCNCC3)C(=O)N[C@@H](Cc3ccc(OCc4ccccc4)cc3)C(=O)N[C@@H](Cc3ccccc3)C(=O)N2C1. The summed E-state index contributed by atoms with van der Waals surface area (Å²) in [4.78, 5) is 110. The van der Waals surface area contributed by atoms with Crippen LogP contribution in [0.25, 0.3) is 10.9 Å². The number of carbonyl (C=O) groups excluding carboxylic acids is 7. The van der Waals surface area contributed by atoms with Crippen LogP contribution in [0.15, 0.2) is 146 Å². The van der Waals surface area contributed by atoms with Crippen LogP contribution < -0.4 is 47.7 Å². The Morgan fingerprint density at radius 1 is 0.608 bits per heavy atom. The van der Waals surface area contributed by atoms with E-state index in [2.05, 4.69) is 42.2 Å². The van der Waals surface area contributed by atoms with E-state index in [0.29, 0.717) is 60.8 Å². The summed E-state index contributed by atoms with van der Waals surface area (Å²) in [6.45, 7) is 2.74. The molecule has 9 rings (SSSR count). The molecular weight excluding hydrogens is 1010 g/mol. The first-order valence-corrected chi connectivity index (χ1v) is 26.8. The van der Waals surface area contributed by atoms with Gasteiger partial charge < -0.3 is 62.3 Å². The molecule has 3 saturated heterocycles. The lowest BCUT2D eigenvalue weighted by Crippen LogP contribution is -2.63. The van der Waals surface area contributed by atoms with Crippen LogP contribution in [-0.4, -0.2) is 145 Å². The number of hydrogen-bond acceptors (Lipinski definition) is 12. The van der Waals surface area contributed by atoms with Crippen molar-refractivity contribution in [1.82, 2.24) is 52.0 Å². The van der Waals surface area contributed by atoms with E-state index in [9.17, 15) is 4.79 Å². The minimum atomic E-state index is -1.42. The molecule has 4 heterocycles. The Bertz CT molecular complexity index is 3050. The fourth-order valence-electron chi connectivity index (χ4n) is 10.2. The first kappa shape index (κ1) is 55.2. The van der Waals surface area contributed by atoms with Crippen LogP contribution in [0.2, 0.25) is 0 Å². The summed E-state index contributed by atoms with van der Waals surface area (Å²) in [5, 5.41) is 21.4. The molecule has 0 bridgehead atoms. The van der Waals surface area contributed by atoms with E-state index < -0.39 is 83.9 Å². The highest BCUT2D eigenvalue weighted by molar-refractivity contribution is 5.99. The lowest BCUT2D eigenvalue weighted by molar-refractivity contribution is -0.143. The second kappa shape index (κ2) is 26.6. The summed E-state index contributed by atoms with van der Waals surface area (Å²) in [6, 6.07) is 33.8. The van der Waals surface area contributed by atoms with Gasteiger partial charge in [-0.25, -0.2) is 4.79 Å². The van der Waals surface area contributed by atoms with Gasteiger partial charge in [0.15, 0.2) is 0 Å². The van der Waals surface area contributed by atoms with E-state index in [0.717, 1.165) is 16.5 Å². The molecule has 0 aliphatic carbocycles. The maximum atomic E-state index is 15.4. The van der Waals surface area contributed by atoms with Gasteiger partial charge >= 0.3 is 6.09 Å². The number of carbonyl (C=O) groups is 7. The maximum Gasteiger partial charge on any atom is 0.407 e. The summed E-state index contributed by atoms with van der Waals surface area (Å²) in [5.74, 6) is -3.70. The van der Waals surface area contributed by atoms with E-state index in [1.807, 2.05) is 65.6 Å². The van der Waals surface area contributed by atoms with Crippen LogP contribution >= 0.6 is 0 Å². The molecule has 6 aromatic rings. The van der Waals surface area contributed by atoms with Crippen molar-refractivity contribution in [3.63, 3.8) is 0 Å². The van der Waals surface area contributed by atoms with Gasteiger partial charge in [-0.05, 0) is 46.0 Å². The molecule has 0 spiro atoms. The van der Waals surface area contributed by atoms with Crippen LogP contribution in [0.1, 0.15) is 40.3 Å². The van der Waals surface area contributed by atoms with Crippen molar-refractivity contribution in [1.29, 1.82) is 0 Å². The number of piperazine rings is 1. The number of ether oxygens (including phenoxy) is 2. The predicted octanol–water partition coefficient (Wildman–Crippen LogP) is 2.14. The molecule has 79 heavy (non-hydrogen) atoms. The number of nitrogens with zero attached hydrogens (tertiary/aromatic N) is 2. The van der Waals surface area contributed by atoms with E-state index in [1.54, 1.807) is 85.1 Å². The van der Waals surface area contributed by atoms with Crippen molar-refractivity contribution in [2.24, 2.45) is 5.73 Å². The van der Waals surface area contributed by atoms with E-state index in [4.69, 9.17) is 15.2 Å². The van der Waals surface area contributed by atoms with Crippen LogP contribution in [0, 0.1) is 0 Å².